The summed E-state index contributed by atoms with van der Waals surface area (Å²) in [5, 5.41) is 3.17. The first-order valence-corrected chi connectivity index (χ1v) is 5.20. The highest BCUT2D eigenvalue weighted by atomic mass is 16.1. The molecule has 0 fully saturated rings. The summed E-state index contributed by atoms with van der Waals surface area (Å²) < 4.78 is 0. The van der Waals surface area contributed by atoms with Crippen molar-refractivity contribution in [3.05, 3.63) is 36.2 Å². The van der Waals surface area contributed by atoms with Crippen molar-refractivity contribution < 1.29 is 4.79 Å². The van der Waals surface area contributed by atoms with Crippen LogP contribution in [0.4, 0.5) is 23.0 Å². The van der Waals surface area contributed by atoms with E-state index >= 15 is 0 Å². The zero-order valence-corrected chi connectivity index (χ0v) is 9.21. The van der Waals surface area contributed by atoms with E-state index in [4.69, 9.17) is 0 Å². The monoisotopic (exact) mass is 226 g/mol. The van der Waals surface area contributed by atoms with Crippen molar-refractivity contribution in [2.45, 2.75) is 0 Å². The number of carbonyl (C=O) groups excluding carboxylic acids is 1. The minimum absolute atomic E-state index is 0.636. The Hall–Kier alpha value is -2.43. The van der Waals surface area contributed by atoms with E-state index in [-0.39, 0.29) is 0 Å². The highest BCUT2D eigenvalue weighted by Crippen LogP contribution is 2.39. The molecule has 1 aromatic carbocycles. The van der Waals surface area contributed by atoms with Crippen LogP contribution in [0, 0.1) is 0 Å². The highest BCUT2D eigenvalue weighted by Gasteiger charge is 2.21. The third kappa shape index (κ3) is 1.44. The second kappa shape index (κ2) is 3.55. The Morgan fingerprint density at radius 1 is 1.29 bits per heavy atom. The molecule has 0 radical (unpaired) electrons. The summed E-state index contributed by atoms with van der Waals surface area (Å²) in [6, 6.07) is 5.48. The van der Waals surface area contributed by atoms with Crippen LogP contribution in [0.5, 0.6) is 0 Å². The highest BCUT2D eigenvalue weighted by molar-refractivity contribution is 5.91. The van der Waals surface area contributed by atoms with E-state index in [1.807, 2.05) is 18.0 Å². The van der Waals surface area contributed by atoms with Crippen LogP contribution in [0.3, 0.4) is 0 Å². The van der Waals surface area contributed by atoms with Crippen LogP contribution in [0.25, 0.3) is 0 Å². The molecule has 0 amide bonds. The number of hydrogen-bond acceptors (Lipinski definition) is 5. The molecule has 17 heavy (non-hydrogen) atoms. The summed E-state index contributed by atoms with van der Waals surface area (Å²) >= 11 is 0. The molecule has 1 N–H and O–H groups in total. The van der Waals surface area contributed by atoms with Gasteiger partial charge in [0.1, 0.15) is 6.29 Å². The third-order valence-corrected chi connectivity index (χ3v) is 2.77. The van der Waals surface area contributed by atoms with Crippen LogP contribution in [-0.4, -0.2) is 23.3 Å². The van der Waals surface area contributed by atoms with E-state index in [0.29, 0.717) is 11.4 Å². The Bertz CT molecular complexity index is 597. The van der Waals surface area contributed by atoms with Crippen LogP contribution in [0.1, 0.15) is 10.4 Å². The maximum absolute atomic E-state index is 10.8. The van der Waals surface area contributed by atoms with Crippen LogP contribution in [-0.2, 0) is 0 Å². The van der Waals surface area contributed by atoms with Gasteiger partial charge in [0.2, 0.25) is 0 Å². The molecule has 0 saturated carbocycles. The zero-order valence-electron chi connectivity index (χ0n) is 9.21. The normalized spacial score (nSPS) is 12.4. The van der Waals surface area contributed by atoms with Crippen LogP contribution < -0.4 is 10.2 Å². The molecule has 0 bridgehead atoms. The first kappa shape index (κ1) is 9.77. The summed E-state index contributed by atoms with van der Waals surface area (Å²) in [5.41, 5.74) is 2.48. The van der Waals surface area contributed by atoms with E-state index in [1.54, 1.807) is 24.5 Å². The number of aldehydes is 1. The van der Waals surface area contributed by atoms with E-state index in [1.165, 1.54) is 0 Å². The molecule has 0 saturated heterocycles. The minimum Gasteiger partial charge on any atom is -0.335 e. The van der Waals surface area contributed by atoms with Gasteiger partial charge in [-0.25, -0.2) is 9.97 Å². The van der Waals surface area contributed by atoms with Gasteiger partial charge >= 0.3 is 0 Å². The second-order valence-corrected chi connectivity index (χ2v) is 3.81. The number of anilines is 4. The predicted octanol–water partition coefficient (Wildman–Crippen LogP) is 2.11. The molecule has 1 aliphatic rings. The van der Waals surface area contributed by atoms with E-state index in [2.05, 4.69) is 15.3 Å². The average molecular weight is 226 g/mol. The van der Waals surface area contributed by atoms with Crippen molar-refractivity contribution >= 4 is 29.3 Å². The number of nitrogens with zero attached hydrogens (tertiary/aromatic N) is 3. The fourth-order valence-corrected chi connectivity index (χ4v) is 1.93. The van der Waals surface area contributed by atoms with Crippen molar-refractivity contribution in [3.63, 3.8) is 0 Å². The quantitative estimate of drug-likeness (QED) is 0.755. The number of hydrogen-bond donors (Lipinski definition) is 1. The van der Waals surface area contributed by atoms with Gasteiger partial charge in [-0.15, -0.1) is 0 Å². The van der Waals surface area contributed by atoms with E-state index in [9.17, 15) is 4.79 Å². The summed E-state index contributed by atoms with van der Waals surface area (Å²) in [6.07, 6.45) is 4.12. The molecule has 84 valence electrons. The van der Waals surface area contributed by atoms with Gasteiger partial charge in [0, 0.05) is 25.0 Å². The van der Waals surface area contributed by atoms with E-state index < -0.39 is 0 Å². The summed E-state index contributed by atoms with van der Waals surface area (Å²) in [4.78, 5) is 21.2. The molecule has 5 heteroatoms. The lowest BCUT2D eigenvalue weighted by molar-refractivity contribution is 0.112. The van der Waals surface area contributed by atoms with Crippen LogP contribution >= 0.6 is 0 Å². The molecule has 3 rings (SSSR count). The molecule has 5 nitrogen and oxygen atoms in total. The van der Waals surface area contributed by atoms with Gasteiger partial charge in [-0.2, -0.15) is 0 Å². The standard InChI is InChI=1S/C12H10N4O/c1-16-10-3-2-8(7-17)6-9(10)15-11-12(16)14-5-4-13-11/h2-7H,1H3,(H,13,15). The van der Waals surface area contributed by atoms with Crippen LogP contribution in [0.2, 0.25) is 0 Å². The molecule has 2 heterocycles. The molecule has 2 aromatic rings. The smallest absolute Gasteiger partial charge is 0.176 e. The van der Waals surface area contributed by atoms with Gasteiger partial charge in [-0.1, -0.05) is 0 Å². The first-order valence-electron chi connectivity index (χ1n) is 5.20. The first-order chi connectivity index (χ1) is 8.29. The van der Waals surface area contributed by atoms with Gasteiger partial charge < -0.3 is 10.2 Å². The molecule has 0 spiro atoms. The van der Waals surface area contributed by atoms with Crippen molar-refractivity contribution in [2.24, 2.45) is 0 Å². The van der Waals surface area contributed by atoms with Crippen LogP contribution in [0.15, 0.2) is 30.6 Å². The molecule has 0 aliphatic carbocycles. The molecule has 1 aliphatic heterocycles. The van der Waals surface area contributed by atoms with Gasteiger partial charge in [-0.05, 0) is 18.2 Å². The van der Waals surface area contributed by atoms with Gasteiger partial charge in [0.15, 0.2) is 11.6 Å². The predicted molar refractivity (Wildman–Crippen MR) is 65.2 cm³/mol. The molecule has 0 unspecified atom stereocenters. The lowest BCUT2D eigenvalue weighted by Gasteiger charge is -2.28. The second-order valence-electron chi connectivity index (χ2n) is 3.81. The number of carbonyl (C=O) groups is 1. The van der Waals surface area contributed by atoms with Gasteiger partial charge in [0.05, 0.1) is 11.4 Å². The lowest BCUT2D eigenvalue weighted by Crippen LogP contribution is -2.19. The van der Waals surface area contributed by atoms with Crippen molar-refractivity contribution in [1.29, 1.82) is 0 Å². The van der Waals surface area contributed by atoms with Gasteiger partial charge in [-0.3, -0.25) is 4.79 Å². The number of benzene rings is 1. The summed E-state index contributed by atoms with van der Waals surface area (Å²) in [6.45, 7) is 0. The van der Waals surface area contributed by atoms with Crippen molar-refractivity contribution in [2.75, 3.05) is 17.3 Å². The zero-order chi connectivity index (χ0) is 11.8. The molecular formula is C12H10N4O. The SMILES string of the molecule is CN1c2ccc(C=O)cc2Nc2nccnc21. The Morgan fingerprint density at radius 3 is 2.94 bits per heavy atom. The molecule has 0 atom stereocenters. The Labute approximate surface area is 98.1 Å². The third-order valence-electron chi connectivity index (χ3n) is 2.77. The number of aromatic nitrogens is 2. The summed E-state index contributed by atoms with van der Waals surface area (Å²) in [5.74, 6) is 1.48. The largest absolute Gasteiger partial charge is 0.335 e. The fraction of sp³-hybridized carbons (Fsp3) is 0.0833. The number of nitrogens with one attached hydrogen (secondary N) is 1. The lowest BCUT2D eigenvalue weighted by atomic mass is 10.1. The maximum Gasteiger partial charge on any atom is 0.176 e. The molecular weight excluding hydrogens is 216 g/mol. The van der Waals surface area contributed by atoms with E-state index in [0.717, 1.165) is 23.5 Å². The molecule has 1 aromatic heterocycles. The maximum atomic E-state index is 10.8. The number of rotatable bonds is 1. The number of fused-ring (bicyclic) bond motifs is 2. The minimum atomic E-state index is 0.636. The Balaban J connectivity index is 2.15. The fourth-order valence-electron chi connectivity index (χ4n) is 1.93. The Morgan fingerprint density at radius 2 is 2.12 bits per heavy atom. The van der Waals surface area contributed by atoms with Crippen molar-refractivity contribution in [1.82, 2.24) is 9.97 Å². The average Bonchev–Trinajstić information content (AvgIpc) is 2.38. The van der Waals surface area contributed by atoms with Gasteiger partial charge in [0.25, 0.3) is 0 Å². The Kier molecular flexibility index (Phi) is 2.04. The topological polar surface area (TPSA) is 58.1 Å². The summed E-state index contributed by atoms with van der Waals surface area (Å²) in [7, 11) is 1.92. The van der Waals surface area contributed by atoms with Crippen molar-refractivity contribution in [3.8, 4) is 0 Å².